The van der Waals surface area contributed by atoms with Crippen molar-refractivity contribution in [2.75, 3.05) is 24.0 Å². The lowest BCUT2D eigenvalue weighted by atomic mass is 9.93. The normalized spacial score (nSPS) is 14.4. The smallest absolute Gasteiger partial charge is 0.221 e. The van der Waals surface area contributed by atoms with Gasteiger partial charge in [-0.1, -0.05) is 59.6 Å². The van der Waals surface area contributed by atoms with Crippen molar-refractivity contribution in [3.8, 4) is 22.5 Å². The Labute approximate surface area is 294 Å². The van der Waals surface area contributed by atoms with Crippen LogP contribution in [0.25, 0.3) is 44.1 Å². The van der Waals surface area contributed by atoms with Crippen molar-refractivity contribution in [1.82, 2.24) is 19.9 Å². The summed E-state index contributed by atoms with van der Waals surface area (Å²) in [5, 5.41) is 5.36. The van der Waals surface area contributed by atoms with E-state index in [-0.39, 0.29) is 16.9 Å². The summed E-state index contributed by atoms with van der Waals surface area (Å²) in [6, 6.07) is 18.7. The van der Waals surface area contributed by atoms with Gasteiger partial charge in [0, 0.05) is 29.7 Å². The molecule has 11 nitrogen and oxygen atoms in total. The zero-order valence-electron chi connectivity index (χ0n) is 26.2. The number of ether oxygens (including phenoxy) is 2. The fourth-order valence-corrected chi connectivity index (χ4v) is 7.98. The van der Waals surface area contributed by atoms with Gasteiger partial charge in [-0.25, -0.2) is 28.4 Å². The van der Waals surface area contributed by atoms with Crippen molar-refractivity contribution in [3.63, 3.8) is 0 Å². The summed E-state index contributed by atoms with van der Waals surface area (Å²) >= 11 is 13.1. The summed E-state index contributed by atoms with van der Waals surface area (Å²) in [5.41, 5.74) is 18.1. The minimum Gasteiger partial charge on any atom is -0.372 e. The van der Waals surface area contributed by atoms with E-state index in [1.807, 2.05) is 48.5 Å². The Kier molecular flexibility index (Phi) is 8.76. The zero-order valence-corrected chi connectivity index (χ0v) is 29.3. The first-order valence-electron chi connectivity index (χ1n) is 14.8. The van der Waals surface area contributed by atoms with Gasteiger partial charge < -0.3 is 20.9 Å². The van der Waals surface area contributed by atoms with Crippen molar-refractivity contribution in [2.24, 2.45) is 0 Å². The largest absolute Gasteiger partial charge is 0.372 e. The fraction of sp³-hybridized carbons (Fsp3) is 0.176. The van der Waals surface area contributed by atoms with Crippen LogP contribution in [-0.2, 0) is 56.5 Å². The Morgan fingerprint density at radius 1 is 0.694 bits per heavy atom. The minimum absolute atomic E-state index is 0.0811. The van der Waals surface area contributed by atoms with E-state index in [1.165, 1.54) is 6.07 Å². The summed E-state index contributed by atoms with van der Waals surface area (Å²) in [4.78, 5) is 16.4. The highest BCUT2D eigenvalue weighted by Gasteiger charge is 2.22. The minimum atomic E-state index is -3.53. The van der Waals surface area contributed by atoms with Crippen LogP contribution in [0.4, 0.5) is 11.9 Å². The van der Waals surface area contributed by atoms with Gasteiger partial charge in [-0.3, -0.25) is 4.21 Å². The van der Waals surface area contributed by atoms with Crippen LogP contribution in [-0.4, -0.2) is 45.1 Å². The summed E-state index contributed by atoms with van der Waals surface area (Å²) in [7, 11) is -4.78. The molecular weight excluding hydrogens is 707 g/mol. The first-order valence-corrected chi connectivity index (χ1v) is 19.0. The number of rotatable bonds is 4. The molecule has 49 heavy (non-hydrogen) atoms. The topological polar surface area (TPSA) is 173 Å². The van der Waals surface area contributed by atoms with Crippen molar-refractivity contribution in [3.05, 3.63) is 93.0 Å². The second-order valence-electron chi connectivity index (χ2n) is 11.6. The van der Waals surface area contributed by atoms with Crippen LogP contribution in [0.5, 0.6) is 0 Å². The van der Waals surface area contributed by atoms with Crippen LogP contribution in [0.2, 0.25) is 10.0 Å². The van der Waals surface area contributed by atoms with Gasteiger partial charge in [0.2, 0.25) is 11.9 Å². The van der Waals surface area contributed by atoms with Crippen molar-refractivity contribution < 1.29 is 22.1 Å². The van der Waals surface area contributed by atoms with Gasteiger partial charge in [-0.05, 0) is 62.0 Å². The number of nitrogens with zero attached hydrogens (tertiary/aromatic N) is 4. The Hall–Kier alpha value is -4.24. The van der Waals surface area contributed by atoms with Gasteiger partial charge in [-0.15, -0.1) is 0 Å². The molecule has 0 aliphatic carbocycles. The number of sulfone groups is 1. The van der Waals surface area contributed by atoms with E-state index in [0.717, 1.165) is 55.6 Å². The molecule has 2 aliphatic heterocycles. The van der Waals surface area contributed by atoms with E-state index in [0.29, 0.717) is 58.5 Å². The maximum Gasteiger partial charge on any atom is 0.221 e. The highest BCUT2D eigenvalue weighted by molar-refractivity contribution is 7.90. The SMILES string of the molecule is CS(=O)(=O)c1cc(-c2c(Cl)cc3c4c(cccc24)COC3)nc(N)n1.CS(=O)c1cc(-c2c(Cl)cc3c4c(cccc24)COC3)nc(N)n1. The Bertz CT molecular complexity index is 2480. The summed E-state index contributed by atoms with van der Waals surface area (Å²) in [5.74, 6) is -0.0321. The quantitative estimate of drug-likeness (QED) is 0.196. The van der Waals surface area contributed by atoms with Crippen LogP contribution in [0.3, 0.4) is 0 Å². The molecule has 0 bridgehead atoms. The van der Waals surface area contributed by atoms with Crippen LogP contribution in [0.1, 0.15) is 22.3 Å². The third-order valence-corrected chi connectivity index (χ3v) is 10.6. The Balaban J connectivity index is 0.000000154. The third kappa shape index (κ3) is 6.33. The van der Waals surface area contributed by atoms with Crippen molar-refractivity contribution in [2.45, 2.75) is 36.5 Å². The van der Waals surface area contributed by atoms with Crippen LogP contribution >= 0.6 is 23.2 Å². The van der Waals surface area contributed by atoms with E-state index in [2.05, 4.69) is 19.9 Å². The lowest BCUT2D eigenvalue weighted by Gasteiger charge is -2.20. The van der Waals surface area contributed by atoms with E-state index in [4.69, 9.17) is 44.1 Å². The maximum absolute atomic E-state index is 11.9. The fourth-order valence-electron chi connectivity index (χ4n) is 6.24. The van der Waals surface area contributed by atoms with Crippen molar-refractivity contribution in [1.29, 1.82) is 0 Å². The molecule has 8 rings (SSSR count). The Morgan fingerprint density at radius 2 is 1.16 bits per heavy atom. The number of nitrogens with two attached hydrogens (primary N) is 2. The predicted molar refractivity (Wildman–Crippen MR) is 191 cm³/mol. The second-order valence-corrected chi connectivity index (χ2v) is 15.7. The molecule has 4 aromatic carbocycles. The van der Waals surface area contributed by atoms with Gasteiger partial charge in [0.15, 0.2) is 14.9 Å². The predicted octanol–water partition coefficient (Wildman–Crippen LogP) is 6.27. The number of hydrogen-bond acceptors (Lipinski definition) is 11. The van der Waals surface area contributed by atoms with Crippen LogP contribution in [0, 0.1) is 0 Å². The Morgan fingerprint density at radius 3 is 1.65 bits per heavy atom. The number of anilines is 2. The molecule has 1 unspecified atom stereocenters. The first kappa shape index (κ1) is 33.3. The molecule has 0 radical (unpaired) electrons. The molecule has 0 amide bonds. The van der Waals surface area contributed by atoms with Gasteiger partial charge in [-0.2, -0.15) is 0 Å². The van der Waals surface area contributed by atoms with Gasteiger partial charge in [0.1, 0.15) is 5.03 Å². The molecule has 4 N–H and O–H groups in total. The molecule has 0 spiro atoms. The molecule has 0 saturated carbocycles. The van der Waals surface area contributed by atoms with Crippen LogP contribution in [0.15, 0.2) is 70.7 Å². The lowest BCUT2D eigenvalue weighted by molar-refractivity contribution is 0.103. The monoisotopic (exact) mass is 734 g/mol. The summed E-state index contributed by atoms with van der Waals surface area (Å²) in [6.07, 6.45) is 2.64. The number of nitrogen functional groups attached to an aromatic ring is 2. The standard InChI is InChI=1S/C17H14ClN3O3S.C17H14ClN3O2S/c1-25(22,23)14-6-13(20-17(19)21-14)16-11-4-2-3-9-7-24-8-10(15(9)11)5-12(16)18;1-24(22)14-6-13(20-17(19)21-14)16-11-4-2-3-9-7-23-8-10(15(9)11)5-12(16)18/h2-6H,7-8H2,1H3,(H2,19,20,21);2-6H,7-8H2,1H3,(H2,19,20,21). The van der Waals surface area contributed by atoms with E-state index in [1.54, 1.807) is 12.3 Å². The zero-order chi connectivity index (χ0) is 34.6. The van der Waals surface area contributed by atoms with Gasteiger partial charge >= 0.3 is 0 Å². The molecular formula is C34H28Cl2N6O5S2. The third-order valence-electron chi connectivity index (χ3n) is 8.22. The van der Waals surface area contributed by atoms with Gasteiger partial charge in [0.25, 0.3) is 0 Å². The number of hydrogen-bond donors (Lipinski definition) is 2. The lowest BCUT2D eigenvalue weighted by Crippen LogP contribution is -2.07. The molecule has 2 aliphatic rings. The average molecular weight is 736 g/mol. The number of benzene rings is 4. The molecule has 2 aromatic heterocycles. The van der Waals surface area contributed by atoms with Crippen molar-refractivity contribution >= 4 is 77.3 Å². The van der Waals surface area contributed by atoms with Crippen LogP contribution < -0.4 is 11.5 Å². The summed E-state index contributed by atoms with van der Waals surface area (Å²) < 4.78 is 46.8. The number of halogens is 2. The second kappa shape index (κ2) is 12.9. The van der Waals surface area contributed by atoms with Gasteiger partial charge in [0.05, 0.1) is 58.7 Å². The highest BCUT2D eigenvalue weighted by Crippen LogP contribution is 2.42. The molecule has 250 valence electrons. The molecule has 1 atom stereocenters. The summed E-state index contributed by atoms with van der Waals surface area (Å²) in [6.45, 7) is 2.10. The average Bonchev–Trinajstić information content (AvgIpc) is 3.04. The molecule has 6 aromatic rings. The first-order chi connectivity index (χ1) is 23.4. The maximum atomic E-state index is 11.9. The molecule has 15 heteroatoms. The van der Waals surface area contributed by atoms with E-state index < -0.39 is 20.6 Å². The molecule has 4 heterocycles. The molecule has 0 fully saturated rings. The number of aromatic nitrogens is 4. The highest BCUT2D eigenvalue weighted by atomic mass is 35.5. The van der Waals surface area contributed by atoms with E-state index in [9.17, 15) is 12.6 Å². The van der Waals surface area contributed by atoms with E-state index >= 15 is 0 Å². The molecule has 0 saturated heterocycles.